The molecule has 28 heavy (non-hydrogen) atoms. The van der Waals surface area contributed by atoms with Crippen molar-refractivity contribution in [2.45, 2.75) is 13.0 Å². The van der Waals surface area contributed by atoms with Gasteiger partial charge in [-0.3, -0.25) is 4.79 Å². The van der Waals surface area contributed by atoms with E-state index in [2.05, 4.69) is 15.1 Å². The quantitative estimate of drug-likeness (QED) is 0.638. The molecule has 150 valence electrons. The number of rotatable bonds is 8. The maximum Gasteiger partial charge on any atom is 0.263 e. The van der Waals surface area contributed by atoms with E-state index in [9.17, 15) is 4.79 Å². The molecule has 1 unspecified atom stereocenters. The van der Waals surface area contributed by atoms with E-state index in [0.29, 0.717) is 51.0 Å². The number of nitrogens with zero attached hydrogens (tertiary/aromatic N) is 4. The fourth-order valence-electron chi connectivity index (χ4n) is 2.95. The lowest BCUT2D eigenvalue weighted by Crippen LogP contribution is -2.52. The Labute approximate surface area is 165 Å². The Morgan fingerprint density at radius 1 is 1.04 bits per heavy atom. The van der Waals surface area contributed by atoms with E-state index in [-0.39, 0.29) is 5.91 Å². The summed E-state index contributed by atoms with van der Waals surface area (Å²) in [7, 11) is 1.62. The zero-order valence-corrected chi connectivity index (χ0v) is 16.3. The third kappa shape index (κ3) is 5.32. The first-order valence-electron chi connectivity index (χ1n) is 9.38. The molecule has 0 radical (unpaired) electrons. The van der Waals surface area contributed by atoms with Crippen molar-refractivity contribution in [3.05, 3.63) is 42.5 Å². The molecule has 3 rings (SSSR count). The van der Waals surface area contributed by atoms with Gasteiger partial charge in [-0.2, -0.15) is 0 Å². The molecule has 2 aromatic rings. The third-order valence-electron chi connectivity index (χ3n) is 4.48. The Bertz CT molecular complexity index is 734. The van der Waals surface area contributed by atoms with Gasteiger partial charge in [0.15, 0.2) is 11.9 Å². The fourth-order valence-corrected chi connectivity index (χ4v) is 2.95. The number of aromatic nitrogens is 2. The molecule has 1 amide bonds. The standard InChI is InChI=1S/C20H26N4O4/c1-16(28-17-6-4-3-5-7-17)20(25)24-12-10-23(11-13-24)18-8-9-19(22-21-18)27-15-14-26-2/h3-9,16H,10-15H2,1-2H3. The highest BCUT2D eigenvalue weighted by Crippen LogP contribution is 2.17. The number of anilines is 1. The summed E-state index contributed by atoms with van der Waals surface area (Å²) >= 11 is 0. The molecule has 1 aromatic carbocycles. The molecular weight excluding hydrogens is 360 g/mol. The predicted molar refractivity (Wildman–Crippen MR) is 105 cm³/mol. The van der Waals surface area contributed by atoms with E-state index >= 15 is 0 Å². The topological polar surface area (TPSA) is 77.0 Å². The van der Waals surface area contributed by atoms with Crippen LogP contribution < -0.4 is 14.4 Å². The van der Waals surface area contributed by atoms with E-state index in [1.807, 2.05) is 41.3 Å². The van der Waals surface area contributed by atoms with Crippen LogP contribution in [0.2, 0.25) is 0 Å². The minimum Gasteiger partial charge on any atom is -0.481 e. The number of hydrogen-bond donors (Lipinski definition) is 0. The van der Waals surface area contributed by atoms with Crippen molar-refractivity contribution in [3.8, 4) is 11.6 Å². The first-order valence-corrected chi connectivity index (χ1v) is 9.38. The van der Waals surface area contributed by atoms with Gasteiger partial charge in [0, 0.05) is 39.4 Å². The molecule has 0 spiro atoms. The number of piperazine rings is 1. The Kier molecular flexibility index (Phi) is 7.02. The average molecular weight is 386 g/mol. The number of ether oxygens (including phenoxy) is 3. The maximum absolute atomic E-state index is 12.6. The first kappa shape index (κ1) is 19.9. The third-order valence-corrected chi connectivity index (χ3v) is 4.48. The van der Waals surface area contributed by atoms with E-state index < -0.39 is 6.10 Å². The summed E-state index contributed by atoms with van der Waals surface area (Å²) < 4.78 is 16.1. The Balaban J connectivity index is 1.47. The number of para-hydroxylation sites is 1. The van der Waals surface area contributed by atoms with Gasteiger partial charge in [-0.1, -0.05) is 18.2 Å². The molecule has 1 atom stereocenters. The number of carbonyl (C=O) groups excluding carboxylic acids is 1. The van der Waals surface area contributed by atoms with Gasteiger partial charge in [-0.25, -0.2) is 0 Å². The van der Waals surface area contributed by atoms with Crippen LogP contribution in [0.4, 0.5) is 5.82 Å². The molecule has 1 aliphatic heterocycles. The van der Waals surface area contributed by atoms with E-state index in [0.717, 1.165) is 5.82 Å². The van der Waals surface area contributed by atoms with Crippen LogP contribution in [-0.2, 0) is 9.53 Å². The van der Waals surface area contributed by atoms with Gasteiger partial charge in [0.25, 0.3) is 5.91 Å². The highest BCUT2D eigenvalue weighted by molar-refractivity contribution is 5.81. The minimum absolute atomic E-state index is 0.00326. The summed E-state index contributed by atoms with van der Waals surface area (Å²) in [6.45, 7) is 5.37. The molecule has 1 aromatic heterocycles. The number of hydrogen-bond acceptors (Lipinski definition) is 7. The second-order valence-corrected chi connectivity index (χ2v) is 6.46. The monoisotopic (exact) mass is 386 g/mol. The van der Waals surface area contributed by atoms with Crippen molar-refractivity contribution in [3.63, 3.8) is 0 Å². The van der Waals surface area contributed by atoms with Crippen molar-refractivity contribution >= 4 is 11.7 Å². The SMILES string of the molecule is COCCOc1ccc(N2CCN(C(=O)C(C)Oc3ccccc3)CC2)nn1. The van der Waals surface area contributed by atoms with Gasteiger partial charge in [-0.15, -0.1) is 10.2 Å². The van der Waals surface area contributed by atoms with Crippen molar-refractivity contribution < 1.29 is 19.0 Å². The molecule has 8 nitrogen and oxygen atoms in total. The van der Waals surface area contributed by atoms with Crippen LogP contribution in [0.25, 0.3) is 0 Å². The average Bonchev–Trinajstić information content (AvgIpc) is 2.75. The molecule has 1 saturated heterocycles. The summed E-state index contributed by atoms with van der Waals surface area (Å²) in [6.07, 6.45) is -0.516. The second kappa shape index (κ2) is 9.89. The number of benzene rings is 1. The van der Waals surface area contributed by atoms with E-state index in [1.165, 1.54) is 0 Å². The molecule has 1 fully saturated rings. The van der Waals surface area contributed by atoms with Gasteiger partial charge in [0.05, 0.1) is 6.61 Å². The zero-order valence-electron chi connectivity index (χ0n) is 16.3. The van der Waals surface area contributed by atoms with Crippen molar-refractivity contribution in [2.75, 3.05) is 51.4 Å². The summed E-state index contributed by atoms with van der Waals surface area (Å²) in [4.78, 5) is 16.6. The normalized spacial score (nSPS) is 15.2. The van der Waals surface area contributed by atoms with Crippen LogP contribution >= 0.6 is 0 Å². The second-order valence-electron chi connectivity index (χ2n) is 6.46. The molecule has 0 N–H and O–H groups in total. The van der Waals surface area contributed by atoms with Crippen molar-refractivity contribution in [1.82, 2.24) is 15.1 Å². The molecule has 1 aliphatic rings. The van der Waals surface area contributed by atoms with Gasteiger partial charge in [0.2, 0.25) is 5.88 Å². The maximum atomic E-state index is 12.6. The highest BCUT2D eigenvalue weighted by atomic mass is 16.5. The lowest BCUT2D eigenvalue weighted by Gasteiger charge is -2.36. The molecule has 2 heterocycles. The summed E-state index contributed by atoms with van der Waals surface area (Å²) in [5.74, 6) is 1.95. The predicted octanol–water partition coefficient (Wildman–Crippen LogP) is 1.62. The van der Waals surface area contributed by atoms with Gasteiger partial charge in [-0.05, 0) is 25.1 Å². The lowest BCUT2D eigenvalue weighted by molar-refractivity contribution is -0.138. The van der Waals surface area contributed by atoms with E-state index in [1.54, 1.807) is 20.1 Å². The number of methoxy groups -OCH3 is 1. The Morgan fingerprint density at radius 3 is 2.43 bits per heavy atom. The summed E-state index contributed by atoms with van der Waals surface area (Å²) in [5, 5.41) is 8.31. The van der Waals surface area contributed by atoms with Crippen molar-refractivity contribution in [1.29, 1.82) is 0 Å². The van der Waals surface area contributed by atoms with Crippen LogP contribution in [0.1, 0.15) is 6.92 Å². The summed E-state index contributed by atoms with van der Waals surface area (Å²) in [6, 6.07) is 13.1. The number of amides is 1. The summed E-state index contributed by atoms with van der Waals surface area (Å²) in [5.41, 5.74) is 0. The van der Waals surface area contributed by atoms with Crippen LogP contribution in [0, 0.1) is 0 Å². The number of carbonyl (C=O) groups is 1. The molecular formula is C20H26N4O4. The van der Waals surface area contributed by atoms with Crippen LogP contribution in [0.15, 0.2) is 42.5 Å². The Hall–Kier alpha value is -2.87. The molecule has 0 bridgehead atoms. The van der Waals surface area contributed by atoms with Gasteiger partial charge < -0.3 is 24.0 Å². The van der Waals surface area contributed by atoms with Crippen LogP contribution in [0.3, 0.4) is 0 Å². The molecule has 0 saturated carbocycles. The van der Waals surface area contributed by atoms with Crippen LogP contribution in [-0.4, -0.2) is 73.6 Å². The largest absolute Gasteiger partial charge is 0.481 e. The smallest absolute Gasteiger partial charge is 0.263 e. The zero-order chi connectivity index (χ0) is 19.8. The van der Waals surface area contributed by atoms with E-state index in [4.69, 9.17) is 14.2 Å². The molecule has 8 heteroatoms. The lowest BCUT2D eigenvalue weighted by atomic mass is 10.2. The first-order chi connectivity index (χ1) is 13.7. The Morgan fingerprint density at radius 2 is 1.79 bits per heavy atom. The fraction of sp³-hybridized carbons (Fsp3) is 0.450. The van der Waals surface area contributed by atoms with Crippen molar-refractivity contribution in [2.24, 2.45) is 0 Å². The van der Waals surface area contributed by atoms with Gasteiger partial charge in [0.1, 0.15) is 12.4 Å². The highest BCUT2D eigenvalue weighted by Gasteiger charge is 2.26. The molecule has 0 aliphatic carbocycles. The minimum atomic E-state index is -0.516. The van der Waals surface area contributed by atoms with Gasteiger partial charge >= 0.3 is 0 Å². The van der Waals surface area contributed by atoms with Crippen LogP contribution in [0.5, 0.6) is 11.6 Å².